The maximum Gasteiger partial charge on any atom is 0.432 e. The minimum absolute atomic E-state index is 0.268. The third-order valence-electron chi connectivity index (χ3n) is 3.15. The molecule has 0 aliphatic carbocycles. The fraction of sp³-hybridized carbons (Fsp3) is 0.727. The van der Waals surface area contributed by atoms with Gasteiger partial charge in [-0.15, -0.1) is 0 Å². The molecule has 0 radical (unpaired) electrons. The van der Waals surface area contributed by atoms with Gasteiger partial charge in [-0.25, -0.2) is 4.98 Å². The monoisotopic (exact) mass is 254 g/mol. The van der Waals surface area contributed by atoms with E-state index in [1.54, 1.807) is 0 Å². The van der Waals surface area contributed by atoms with E-state index in [2.05, 4.69) is 14.9 Å². The molecular weight excluding hydrogens is 236 g/mol. The van der Waals surface area contributed by atoms with Crippen LogP contribution in [0.25, 0.3) is 0 Å². The number of imidazole rings is 1. The summed E-state index contributed by atoms with van der Waals surface area (Å²) in [6.07, 6.45) is 4.93. The van der Waals surface area contributed by atoms with Crippen LogP contribution in [0.3, 0.4) is 0 Å². The summed E-state index contributed by atoms with van der Waals surface area (Å²) >= 11 is 0. The number of nitro groups is 1. The number of aromatic amines is 1. The van der Waals surface area contributed by atoms with Gasteiger partial charge in [0, 0.05) is 13.0 Å². The molecule has 1 aromatic heterocycles. The second-order valence-corrected chi connectivity index (χ2v) is 4.69. The first-order chi connectivity index (χ1) is 8.65. The minimum atomic E-state index is -0.569. The van der Waals surface area contributed by atoms with Gasteiger partial charge in [0.25, 0.3) is 0 Å². The second-order valence-electron chi connectivity index (χ2n) is 4.69. The minimum Gasteiger partial charge on any atom is -0.391 e. The number of aliphatic hydroxyl groups is 1. The molecule has 1 atom stereocenters. The zero-order valence-electron chi connectivity index (χ0n) is 10.2. The number of aromatic nitrogens is 2. The van der Waals surface area contributed by atoms with E-state index in [0.717, 1.165) is 13.1 Å². The van der Waals surface area contributed by atoms with Gasteiger partial charge in [0.05, 0.1) is 6.10 Å². The highest BCUT2D eigenvalue weighted by atomic mass is 16.6. The van der Waals surface area contributed by atoms with Gasteiger partial charge in [0.15, 0.2) is 5.69 Å². The first-order valence-corrected chi connectivity index (χ1v) is 6.24. The Kier molecular flexibility index (Phi) is 4.27. The molecule has 7 nitrogen and oxygen atoms in total. The number of nitrogens with one attached hydrogen (secondary N) is 1. The fourth-order valence-electron chi connectivity index (χ4n) is 2.29. The van der Waals surface area contributed by atoms with Crippen molar-refractivity contribution < 1.29 is 10.0 Å². The molecule has 7 heteroatoms. The lowest BCUT2D eigenvalue weighted by molar-refractivity contribution is -0.393. The first-order valence-electron chi connectivity index (χ1n) is 6.24. The van der Waals surface area contributed by atoms with E-state index in [9.17, 15) is 15.2 Å². The maximum atomic E-state index is 10.5. The lowest BCUT2D eigenvalue weighted by atomic mass is 10.1. The molecule has 2 N–H and O–H groups in total. The van der Waals surface area contributed by atoms with Gasteiger partial charge in [-0.3, -0.25) is 0 Å². The smallest absolute Gasteiger partial charge is 0.391 e. The van der Waals surface area contributed by atoms with Crippen LogP contribution in [-0.2, 0) is 6.42 Å². The van der Waals surface area contributed by atoms with Crippen molar-refractivity contribution in [3.8, 4) is 0 Å². The Morgan fingerprint density at radius 3 is 2.83 bits per heavy atom. The number of aliphatic hydroxyl groups excluding tert-OH is 1. The van der Waals surface area contributed by atoms with E-state index < -0.39 is 11.0 Å². The summed E-state index contributed by atoms with van der Waals surface area (Å²) in [6.45, 7) is 2.66. The average Bonchev–Trinajstić information content (AvgIpc) is 2.78. The van der Waals surface area contributed by atoms with Gasteiger partial charge in [0.1, 0.15) is 6.20 Å². The van der Waals surface area contributed by atoms with Crippen molar-refractivity contribution in [2.45, 2.75) is 31.8 Å². The summed E-state index contributed by atoms with van der Waals surface area (Å²) in [4.78, 5) is 18.4. The normalized spacial score (nSPS) is 18.7. The lowest BCUT2D eigenvalue weighted by Crippen LogP contribution is -2.37. The predicted octanol–water partition coefficient (Wildman–Crippen LogP) is 0.707. The van der Waals surface area contributed by atoms with Crippen LogP contribution in [0.5, 0.6) is 0 Å². The molecule has 1 fully saturated rings. The summed E-state index contributed by atoms with van der Waals surface area (Å²) in [5.41, 5.74) is 0.534. The Balaban J connectivity index is 1.82. The molecule has 1 aromatic rings. The van der Waals surface area contributed by atoms with Crippen LogP contribution in [0.2, 0.25) is 0 Å². The highest BCUT2D eigenvalue weighted by Gasteiger charge is 2.18. The van der Waals surface area contributed by atoms with Gasteiger partial charge in [-0.1, -0.05) is 11.4 Å². The molecule has 100 valence electrons. The zero-order valence-corrected chi connectivity index (χ0v) is 10.2. The molecule has 2 heterocycles. The standard InChI is InChI=1S/C11H18N4O3/c16-10(8-14-4-2-1-3-5-14)6-9-7-12-11(13-9)15(17)18/h7,10,16H,1-6,8H2,(H,12,13). The van der Waals surface area contributed by atoms with Crippen molar-refractivity contribution in [1.82, 2.24) is 14.9 Å². The Bertz CT molecular complexity index is 401. The Labute approximate surface area is 105 Å². The highest BCUT2D eigenvalue weighted by Crippen LogP contribution is 2.11. The predicted molar refractivity (Wildman–Crippen MR) is 65.2 cm³/mol. The van der Waals surface area contributed by atoms with Gasteiger partial charge < -0.3 is 20.1 Å². The Morgan fingerprint density at radius 1 is 1.50 bits per heavy atom. The van der Waals surface area contributed by atoms with E-state index in [1.807, 2.05) is 0 Å². The van der Waals surface area contributed by atoms with Gasteiger partial charge in [-0.05, 0) is 30.9 Å². The number of hydrogen-bond acceptors (Lipinski definition) is 5. The van der Waals surface area contributed by atoms with Crippen molar-refractivity contribution in [3.63, 3.8) is 0 Å². The number of hydrogen-bond donors (Lipinski definition) is 2. The van der Waals surface area contributed by atoms with Gasteiger partial charge in [-0.2, -0.15) is 0 Å². The number of H-pyrrole nitrogens is 1. The molecule has 0 saturated carbocycles. The number of nitrogens with zero attached hydrogens (tertiary/aromatic N) is 3. The number of rotatable bonds is 5. The summed E-state index contributed by atoms with van der Waals surface area (Å²) in [5.74, 6) is -0.268. The fourth-order valence-corrected chi connectivity index (χ4v) is 2.29. The van der Waals surface area contributed by atoms with Crippen LogP contribution in [0.4, 0.5) is 5.95 Å². The summed E-state index contributed by atoms with van der Waals surface area (Å²) in [7, 11) is 0. The van der Waals surface area contributed by atoms with Gasteiger partial charge >= 0.3 is 5.95 Å². The third-order valence-corrected chi connectivity index (χ3v) is 3.15. The molecule has 1 unspecified atom stereocenters. The van der Waals surface area contributed by atoms with E-state index >= 15 is 0 Å². The van der Waals surface area contributed by atoms with Gasteiger partial charge in [0.2, 0.25) is 0 Å². The zero-order chi connectivity index (χ0) is 13.0. The largest absolute Gasteiger partial charge is 0.432 e. The molecule has 2 rings (SSSR count). The van der Waals surface area contributed by atoms with Crippen LogP contribution in [0, 0.1) is 10.1 Å². The molecule has 1 aliphatic heterocycles. The highest BCUT2D eigenvalue weighted by molar-refractivity contribution is 5.11. The van der Waals surface area contributed by atoms with Crippen LogP contribution in [0.1, 0.15) is 25.0 Å². The molecule has 0 bridgehead atoms. The summed E-state index contributed by atoms with van der Waals surface area (Å²) in [6, 6.07) is 0. The number of likely N-dealkylation sites (tertiary alicyclic amines) is 1. The Hall–Kier alpha value is -1.47. The first kappa shape index (κ1) is 13.0. The van der Waals surface area contributed by atoms with Crippen molar-refractivity contribution in [2.75, 3.05) is 19.6 Å². The van der Waals surface area contributed by atoms with Crippen LogP contribution in [-0.4, -0.2) is 50.6 Å². The van der Waals surface area contributed by atoms with Crippen LogP contribution < -0.4 is 0 Å². The summed E-state index contributed by atoms with van der Waals surface area (Å²) < 4.78 is 0. The SMILES string of the molecule is O=[N+]([O-])c1nc(CC(O)CN2CCCCC2)c[nH]1. The lowest BCUT2D eigenvalue weighted by Gasteiger charge is -2.28. The van der Waals surface area contributed by atoms with Crippen LogP contribution >= 0.6 is 0 Å². The molecule has 18 heavy (non-hydrogen) atoms. The molecule has 1 saturated heterocycles. The van der Waals surface area contributed by atoms with E-state index in [4.69, 9.17) is 0 Å². The average molecular weight is 254 g/mol. The molecular formula is C11H18N4O3. The molecule has 0 aromatic carbocycles. The van der Waals surface area contributed by atoms with Crippen molar-refractivity contribution >= 4 is 5.95 Å². The molecule has 0 amide bonds. The number of piperidine rings is 1. The molecule has 1 aliphatic rings. The molecule has 0 spiro atoms. The van der Waals surface area contributed by atoms with E-state index in [1.165, 1.54) is 25.5 Å². The van der Waals surface area contributed by atoms with Crippen molar-refractivity contribution in [3.05, 3.63) is 22.0 Å². The Morgan fingerprint density at radius 2 is 2.22 bits per heavy atom. The van der Waals surface area contributed by atoms with Crippen molar-refractivity contribution in [1.29, 1.82) is 0 Å². The third kappa shape index (κ3) is 3.51. The maximum absolute atomic E-state index is 10.5. The summed E-state index contributed by atoms with van der Waals surface area (Å²) in [5, 5.41) is 20.4. The van der Waals surface area contributed by atoms with E-state index in [-0.39, 0.29) is 5.95 Å². The number of β-amino-alcohol motifs (C(OH)–C–C–N with tert-alkyl or cyclic N) is 1. The van der Waals surface area contributed by atoms with Crippen LogP contribution in [0.15, 0.2) is 6.20 Å². The van der Waals surface area contributed by atoms with Crippen molar-refractivity contribution in [2.24, 2.45) is 0 Å². The quantitative estimate of drug-likeness (QED) is 0.596. The second kappa shape index (κ2) is 5.92. The topological polar surface area (TPSA) is 95.3 Å². The van der Waals surface area contributed by atoms with E-state index in [0.29, 0.717) is 18.7 Å².